The Morgan fingerprint density at radius 3 is 2.80 bits per heavy atom. The van der Waals surface area contributed by atoms with Gasteiger partial charge in [-0.2, -0.15) is 4.73 Å². The number of imidazole rings is 1. The van der Waals surface area contributed by atoms with E-state index in [1.807, 2.05) is 0 Å². The molecule has 0 radical (unpaired) electrons. The molecule has 1 N–H and O–H groups in total. The zero-order chi connectivity index (χ0) is 7.56. The Kier molecular flexibility index (Phi) is 1.94. The molecule has 0 amide bonds. The minimum atomic E-state index is 0.656. The standard InChI is InChI=1S/C7H12N2O/c1-3-4-7-5-9(10)6(2)8-7/h5,10H,3-4H2,1-2H3. The molecule has 0 bridgehead atoms. The molecule has 0 aliphatic rings. The monoisotopic (exact) mass is 140 g/mol. The molecule has 0 atom stereocenters. The molecule has 0 saturated heterocycles. The zero-order valence-electron chi connectivity index (χ0n) is 6.33. The summed E-state index contributed by atoms with van der Waals surface area (Å²) in [6.45, 7) is 3.87. The van der Waals surface area contributed by atoms with Crippen molar-refractivity contribution in [2.75, 3.05) is 0 Å². The molecule has 3 heteroatoms. The third-order valence-corrected chi connectivity index (χ3v) is 1.41. The molecule has 0 aliphatic carbocycles. The summed E-state index contributed by atoms with van der Waals surface area (Å²) in [6.07, 6.45) is 3.66. The molecule has 56 valence electrons. The summed E-state index contributed by atoms with van der Waals surface area (Å²) >= 11 is 0. The fourth-order valence-corrected chi connectivity index (χ4v) is 0.899. The Morgan fingerprint density at radius 2 is 2.40 bits per heavy atom. The smallest absolute Gasteiger partial charge is 0.141 e. The quantitative estimate of drug-likeness (QED) is 0.630. The van der Waals surface area contributed by atoms with Crippen molar-refractivity contribution in [1.82, 2.24) is 9.71 Å². The van der Waals surface area contributed by atoms with E-state index >= 15 is 0 Å². The van der Waals surface area contributed by atoms with Crippen LogP contribution >= 0.6 is 0 Å². The molecule has 1 heterocycles. The van der Waals surface area contributed by atoms with E-state index in [9.17, 15) is 0 Å². The van der Waals surface area contributed by atoms with Crippen molar-refractivity contribution in [3.8, 4) is 0 Å². The van der Waals surface area contributed by atoms with Crippen LogP contribution in [0.2, 0.25) is 0 Å². The lowest BCUT2D eigenvalue weighted by Gasteiger charge is -1.86. The second-order valence-corrected chi connectivity index (χ2v) is 2.37. The number of hydrogen-bond acceptors (Lipinski definition) is 2. The van der Waals surface area contributed by atoms with Gasteiger partial charge in [0.1, 0.15) is 5.82 Å². The van der Waals surface area contributed by atoms with Crippen LogP contribution in [-0.4, -0.2) is 14.9 Å². The molecule has 0 aromatic carbocycles. The molecule has 1 rings (SSSR count). The minimum absolute atomic E-state index is 0.656. The van der Waals surface area contributed by atoms with E-state index in [-0.39, 0.29) is 0 Å². The molecule has 3 nitrogen and oxygen atoms in total. The van der Waals surface area contributed by atoms with Crippen LogP contribution in [0.25, 0.3) is 0 Å². The van der Waals surface area contributed by atoms with E-state index in [0.717, 1.165) is 23.3 Å². The summed E-state index contributed by atoms with van der Waals surface area (Å²) in [7, 11) is 0. The van der Waals surface area contributed by atoms with Crippen LogP contribution in [0.5, 0.6) is 0 Å². The van der Waals surface area contributed by atoms with Crippen LogP contribution < -0.4 is 0 Å². The average Bonchev–Trinajstić information content (AvgIpc) is 2.14. The van der Waals surface area contributed by atoms with Gasteiger partial charge in [-0.1, -0.05) is 13.3 Å². The first-order valence-electron chi connectivity index (χ1n) is 3.48. The summed E-state index contributed by atoms with van der Waals surface area (Å²) in [6, 6.07) is 0. The van der Waals surface area contributed by atoms with Crippen molar-refractivity contribution < 1.29 is 5.21 Å². The minimum Gasteiger partial charge on any atom is -0.427 e. The van der Waals surface area contributed by atoms with Crippen LogP contribution in [0.4, 0.5) is 0 Å². The van der Waals surface area contributed by atoms with E-state index in [1.54, 1.807) is 13.1 Å². The Hall–Kier alpha value is -0.990. The molecule has 10 heavy (non-hydrogen) atoms. The molecule has 1 aromatic rings. The van der Waals surface area contributed by atoms with Crippen LogP contribution in [0.15, 0.2) is 6.20 Å². The SMILES string of the molecule is CCCc1cn(O)c(C)n1. The number of hydrogen-bond donors (Lipinski definition) is 1. The van der Waals surface area contributed by atoms with Crippen LogP contribution in [0.3, 0.4) is 0 Å². The molecule has 1 aromatic heterocycles. The van der Waals surface area contributed by atoms with Gasteiger partial charge in [-0.15, -0.1) is 0 Å². The van der Waals surface area contributed by atoms with Crippen molar-refractivity contribution >= 4 is 0 Å². The van der Waals surface area contributed by atoms with Gasteiger partial charge in [0.05, 0.1) is 11.9 Å². The van der Waals surface area contributed by atoms with Crippen molar-refractivity contribution in [1.29, 1.82) is 0 Å². The third-order valence-electron chi connectivity index (χ3n) is 1.41. The fourth-order valence-electron chi connectivity index (χ4n) is 0.899. The Balaban J connectivity index is 2.77. The normalized spacial score (nSPS) is 10.2. The van der Waals surface area contributed by atoms with Gasteiger partial charge in [0, 0.05) is 0 Å². The number of aromatic nitrogens is 2. The van der Waals surface area contributed by atoms with Gasteiger partial charge in [-0.25, -0.2) is 4.98 Å². The van der Waals surface area contributed by atoms with Crippen molar-refractivity contribution in [2.45, 2.75) is 26.7 Å². The zero-order valence-corrected chi connectivity index (χ0v) is 6.33. The molecule has 0 spiro atoms. The number of nitrogens with zero attached hydrogens (tertiary/aromatic N) is 2. The number of aryl methyl sites for hydroxylation is 2. The summed E-state index contributed by atoms with van der Waals surface area (Å²) < 4.78 is 1.06. The molecule has 0 unspecified atom stereocenters. The van der Waals surface area contributed by atoms with Gasteiger partial charge < -0.3 is 5.21 Å². The predicted molar refractivity (Wildman–Crippen MR) is 38.1 cm³/mol. The summed E-state index contributed by atoms with van der Waals surface area (Å²) in [5, 5.41) is 9.02. The van der Waals surface area contributed by atoms with E-state index in [0.29, 0.717) is 5.82 Å². The van der Waals surface area contributed by atoms with E-state index < -0.39 is 0 Å². The molecule has 0 aliphatic heterocycles. The Labute approximate surface area is 60.3 Å². The van der Waals surface area contributed by atoms with Crippen LogP contribution in [0, 0.1) is 6.92 Å². The highest BCUT2D eigenvalue weighted by Crippen LogP contribution is 2.01. The highest BCUT2D eigenvalue weighted by molar-refractivity contribution is 5.00. The van der Waals surface area contributed by atoms with Gasteiger partial charge in [0.2, 0.25) is 0 Å². The van der Waals surface area contributed by atoms with Gasteiger partial charge in [-0.05, 0) is 13.3 Å². The molecule has 0 saturated carbocycles. The lowest BCUT2D eigenvalue weighted by Crippen LogP contribution is -1.89. The highest BCUT2D eigenvalue weighted by atomic mass is 16.5. The second-order valence-electron chi connectivity index (χ2n) is 2.37. The van der Waals surface area contributed by atoms with Gasteiger partial charge >= 0.3 is 0 Å². The topological polar surface area (TPSA) is 38.0 Å². The Bertz CT molecular complexity index is 198. The fraction of sp³-hybridized carbons (Fsp3) is 0.571. The van der Waals surface area contributed by atoms with Crippen molar-refractivity contribution in [3.05, 3.63) is 17.7 Å². The van der Waals surface area contributed by atoms with Crippen molar-refractivity contribution in [2.24, 2.45) is 0 Å². The van der Waals surface area contributed by atoms with E-state index in [2.05, 4.69) is 11.9 Å². The molecular weight excluding hydrogens is 128 g/mol. The van der Waals surface area contributed by atoms with Gasteiger partial charge in [0.15, 0.2) is 0 Å². The lowest BCUT2D eigenvalue weighted by molar-refractivity contribution is 0.179. The second kappa shape index (κ2) is 2.73. The molecule has 0 fully saturated rings. The van der Waals surface area contributed by atoms with E-state index in [4.69, 9.17) is 5.21 Å². The maximum absolute atomic E-state index is 9.02. The maximum atomic E-state index is 9.02. The lowest BCUT2D eigenvalue weighted by atomic mass is 10.3. The average molecular weight is 140 g/mol. The highest BCUT2D eigenvalue weighted by Gasteiger charge is 1.99. The van der Waals surface area contributed by atoms with E-state index in [1.165, 1.54) is 0 Å². The largest absolute Gasteiger partial charge is 0.427 e. The predicted octanol–water partition coefficient (Wildman–Crippen LogP) is 1.38. The Morgan fingerprint density at radius 1 is 1.70 bits per heavy atom. The first-order valence-corrected chi connectivity index (χ1v) is 3.48. The third kappa shape index (κ3) is 1.29. The van der Waals surface area contributed by atoms with Crippen LogP contribution in [-0.2, 0) is 6.42 Å². The molecular formula is C7H12N2O. The van der Waals surface area contributed by atoms with Gasteiger partial charge in [0.25, 0.3) is 0 Å². The van der Waals surface area contributed by atoms with Gasteiger partial charge in [-0.3, -0.25) is 0 Å². The number of rotatable bonds is 2. The summed E-state index contributed by atoms with van der Waals surface area (Å²) in [5.41, 5.74) is 0.961. The maximum Gasteiger partial charge on any atom is 0.141 e. The first kappa shape index (κ1) is 7.12. The summed E-state index contributed by atoms with van der Waals surface area (Å²) in [5.74, 6) is 0.656. The first-order chi connectivity index (χ1) is 4.74. The van der Waals surface area contributed by atoms with Crippen molar-refractivity contribution in [3.63, 3.8) is 0 Å². The van der Waals surface area contributed by atoms with Crippen LogP contribution in [0.1, 0.15) is 24.9 Å². The summed E-state index contributed by atoms with van der Waals surface area (Å²) in [4.78, 5) is 4.11.